The monoisotopic (exact) mass is 287 g/mol. The van der Waals surface area contributed by atoms with Crippen molar-refractivity contribution in [3.63, 3.8) is 0 Å². The van der Waals surface area contributed by atoms with Gasteiger partial charge in [0.25, 0.3) is 5.91 Å². The summed E-state index contributed by atoms with van der Waals surface area (Å²) >= 11 is 0. The standard InChI is InChI=1S/C15H17N3O3/c1-3-21-13(19)8-17-15(20)14-10-5-4-6-12(16)11(10)7-9(2)18-14/h4-7H,3,8,16H2,1-2H3,(H,17,20). The molecule has 0 fully saturated rings. The molecule has 0 atom stereocenters. The molecule has 0 spiro atoms. The van der Waals surface area contributed by atoms with Gasteiger partial charge in [-0.25, -0.2) is 4.98 Å². The number of nitrogens with two attached hydrogens (primary N) is 1. The first-order valence-corrected chi connectivity index (χ1v) is 6.62. The second-order valence-corrected chi connectivity index (χ2v) is 4.54. The molecule has 21 heavy (non-hydrogen) atoms. The zero-order valence-corrected chi connectivity index (χ0v) is 12.0. The first-order chi connectivity index (χ1) is 10.0. The summed E-state index contributed by atoms with van der Waals surface area (Å²) in [5, 5.41) is 3.93. The van der Waals surface area contributed by atoms with Crippen LogP contribution < -0.4 is 11.1 Å². The lowest BCUT2D eigenvalue weighted by molar-refractivity contribution is -0.141. The number of benzene rings is 1. The molecule has 2 aromatic rings. The number of nitrogens with one attached hydrogen (secondary N) is 1. The Morgan fingerprint density at radius 3 is 2.81 bits per heavy atom. The van der Waals surface area contributed by atoms with Gasteiger partial charge in [0.2, 0.25) is 0 Å². The molecule has 1 aromatic heterocycles. The topological polar surface area (TPSA) is 94.3 Å². The largest absolute Gasteiger partial charge is 0.465 e. The zero-order valence-electron chi connectivity index (χ0n) is 12.0. The highest BCUT2D eigenvalue weighted by molar-refractivity contribution is 6.08. The van der Waals surface area contributed by atoms with Gasteiger partial charge in [0.15, 0.2) is 0 Å². The van der Waals surface area contributed by atoms with Crippen LogP contribution in [0, 0.1) is 6.92 Å². The maximum Gasteiger partial charge on any atom is 0.325 e. The quantitative estimate of drug-likeness (QED) is 0.655. The number of anilines is 1. The number of nitrogens with zero attached hydrogens (tertiary/aromatic N) is 1. The van der Waals surface area contributed by atoms with Crippen LogP contribution in [0.15, 0.2) is 24.3 Å². The lowest BCUT2D eigenvalue weighted by Gasteiger charge is -2.09. The number of ether oxygens (including phenoxy) is 1. The second kappa shape index (κ2) is 6.21. The Morgan fingerprint density at radius 2 is 2.10 bits per heavy atom. The molecule has 0 saturated carbocycles. The molecule has 6 nitrogen and oxygen atoms in total. The summed E-state index contributed by atoms with van der Waals surface area (Å²) in [6.07, 6.45) is 0. The summed E-state index contributed by atoms with van der Waals surface area (Å²) in [4.78, 5) is 27.7. The van der Waals surface area contributed by atoms with Gasteiger partial charge in [-0.05, 0) is 26.0 Å². The van der Waals surface area contributed by atoms with Crippen LogP contribution in [0.1, 0.15) is 23.1 Å². The van der Waals surface area contributed by atoms with E-state index < -0.39 is 11.9 Å². The van der Waals surface area contributed by atoms with E-state index in [9.17, 15) is 9.59 Å². The molecule has 0 radical (unpaired) electrons. The normalized spacial score (nSPS) is 10.4. The van der Waals surface area contributed by atoms with Crippen LogP contribution in [0.2, 0.25) is 0 Å². The third kappa shape index (κ3) is 3.28. The molecule has 1 aromatic carbocycles. The van der Waals surface area contributed by atoms with Gasteiger partial charge in [-0.2, -0.15) is 0 Å². The first-order valence-electron chi connectivity index (χ1n) is 6.62. The van der Waals surface area contributed by atoms with Gasteiger partial charge in [-0.3, -0.25) is 9.59 Å². The number of fused-ring (bicyclic) bond motifs is 1. The van der Waals surface area contributed by atoms with Crippen LogP contribution in [-0.4, -0.2) is 30.0 Å². The van der Waals surface area contributed by atoms with Gasteiger partial charge >= 0.3 is 5.97 Å². The lowest BCUT2D eigenvalue weighted by Crippen LogP contribution is -2.31. The summed E-state index contributed by atoms with van der Waals surface area (Å²) in [6.45, 7) is 3.58. The van der Waals surface area contributed by atoms with Crippen LogP contribution in [0.5, 0.6) is 0 Å². The first kappa shape index (κ1) is 14.8. The molecule has 3 N–H and O–H groups in total. The number of carbonyl (C=O) groups excluding carboxylic acids is 2. The van der Waals surface area contributed by atoms with Crippen molar-refractivity contribution in [1.82, 2.24) is 10.3 Å². The van der Waals surface area contributed by atoms with Crippen molar-refractivity contribution in [1.29, 1.82) is 0 Å². The van der Waals surface area contributed by atoms with Crippen molar-refractivity contribution in [2.75, 3.05) is 18.9 Å². The predicted molar refractivity (Wildman–Crippen MR) is 79.9 cm³/mol. The summed E-state index contributed by atoms with van der Waals surface area (Å²) in [5.41, 5.74) is 7.44. The number of pyridine rings is 1. The summed E-state index contributed by atoms with van der Waals surface area (Å²) in [5.74, 6) is -0.912. The number of aryl methyl sites for hydroxylation is 1. The molecule has 0 unspecified atom stereocenters. The van der Waals surface area contributed by atoms with Gasteiger partial charge in [-0.15, -0.1) is 0 Å². The Hall–Kier alpha value is -2.63. The van der Waals surface area contributed by atoms with Crippen molar-refractivity contribution >= 4 is 28.3 Å². The Kier molecular flexibility index (Phi) is 4.37. The minimum absolute atomic E-state index is 0.188. The maximum absolute atomic E-state index is 12.2. The van der Waals surface area contributed by atoms with Gasteiger partial charge in [0, 0.05) is 22.2 Å². The Morgan fingerprint density at radius 1 is 1.33 bits per heavy atom. The van der Waals surface area contributed by atoms with E-state index in [0.717, 1.165) is 5.39 Å². The Bertz CT molecular complexity index is 698. The summed E-state index contributed by atoms with van der Waals surface area (Å²) in [6, 6.07) is 7.13. The molecule has 2 rings (SSSR count). The van der Waals surface area contributed by atoms with E-state index in [1.807, 2.05) is 6.07 Å². The third-order valence-electron chi connectivity index (χ3n) is 2.95. The number of hydrogen-bond acceptors (Lipinski definition) is 5. The molecular weight excluding hydrogens is 270 g/mol. The number of rotatable bonds is 4. The van der Waals surface area contributed by atoms with Gasteiger partial charge in [0.1, 0.15) is 12.2 Å². The molecule has 1 heterocycles. The molecular formula is C15H17N3O3. The van der Waals surface area contributed by atoms with Crippen LogP contribution in [0.4, 0.5) is 5.69 Å². The van der Waals surface area contributed by atoms with E-state index in [-0.39, 0.29) is 18.8 Å². The van der Waals surface area contributed by atoms with Gasteiger partial charge < -0.3 is 15.8 Å². The fraction of sp³-hybridized carbons (Fsp3) is 0.267. The van der Waals surface area contributed by atoms with E-state index in [1.54, 1.807) is 32.0 Å². The summed E-state index contributed by atoms with van der Waals surface area (Å²) in [7, 11) is 0. The molecule has 6 heteroatoms. The fourth-order valence-corrected chi connectivity index (χ4v) is 2.05. The number of hydrogen-bond donors (Lipinski definition) is 2. The van der Waals surface area contributed by atoms with Crippen LogP contribution in [-0.2, 0) is 9.53 Å². The average Bonchev–Trinajstić information content (AvgIpc) is 2.45. The van der Waals surface area contributed by atoms with Crippen LogP contribution in [0.25, 0.3) is 10.8 Å². The number of nitrogen functional groups attached to an aromatic ring is 1. The van der Waals surface area contributed by atoms with Crippen molar-refractivity contribution in [3.05, 3.63) is 35.7 Å². The van der Waals surface area contributed by atoms with Crippen molar-refractivity contribution < 1.29 is 14.3 Å². The highest BCUT2D eigenvalue weighted by Gasteiger charge is 2.15. The lowest BCUT2D eigenvalue weighted by atomic mass is 10.1. The van der Waals surface area contributed by atoms with Crippen molar-refractivity contribution in [3.8, 4) is 0 Å². The number of aromatic nitrogens is 1. The van der Waals surface area contributed by atoms with Crippen molar-refractivity contribution in [2.24, 2.45) is 0 Å². The van der Waals surface area contributed by atoms with E-state index in [0.29, 0.717) is 16.8 Å². The average molecular weight is 287 g/mol. The predicted octanol–water partition coefficient (Wildman–Crippen LogP) is 1.42. The fourth-order valence-electron chi connectivity index (χ4n) is 2.05. The second-order valence-electron chi connectivity index (χ2n) is 4.54. The molecule has 0 aliphatic rings. The van der Waals surface area contributed by atoms with E-state index in [4.69, 9.17) is 10.5 Å². The minimum atomic E-state index is -0.484. The van der Waals surface area contributed by atoms with E-state index in [1.165, 1.54) is 0 Å². The van der Waals surface area contributed by atoms with E-state index >= 15 is 0 Å². The molecule has 1 amide bonds. The van der Waals surface area contributed by atoms with Crippen molar-refractivity contribution in [2.45, 2.75) is 13.8 Å². The van der Waals surface area contributed by atoms with Crippen LogP contribution in [0.3, 0.4) is 0 Å². The molecule has 0 aliphatic heterocycles. The minimum Gasteiger partial charge on any atom is -0.465 e. The van der Waals surface area contributed by atoms with Gasteiger partial charge in [0.05, 0.1) is 6.61 Å². The molecule has 0 saturated heterocycles. The maximum atomic E-state index is 12.2. The third-order valence-corrected chi connectivity index (χ3v) is 2.95. The zero-order chi connectivity index (χ0) is 15.4. The highest BCUT2D eigenvalue weighted by Crippen LogP contribution is 2.23. The molecule has 0 aliphatic carbocycles. The SMILES string of the molecule is CCOC(=O)CNC(=O)c1nc(C)cc2c(N)cccc12. The smallest absolute Gasteiger partial charge is 0.325 e. The number of amides is 1. The van der Waals surface area contributed by atoms with Gasteiger partial charge in [-0.1, -0.05) is 12.1 Å². The van der Waals surface area contributed by atoms with Crippen LogP contribution >= 0.6 is 0 Å². The Labute approximate surface area is 122 Å². The number of carbonyl (C=O) groups is 2. The van der Waals surface area contributed by atoms with E-state index in [2.05, 4.69) is 10.3 Å². The summed E-state index contributed by atoms with van der Waals surface area (Å²) < 4.78 is 4.76. The number of esters is 1. The molecule has 110 valence electrons. The Balaban J connectivity index is 2.31. The highest BCUT2D eigenvalue weighted by atomic mass is 16.5. The molecule has 0 bridgehead atoms.